The lowest BCUT2D eigenvalue weighted by molar-refractivity contribution is -0.143. The molecule has 0 aromatic heterocycles. The Labute approximate surface area is 134 Å². The van der Waals surface area contributed by atoms with E-state index >= 15 is 0 Å². The van der Waals surface area contributed by atoms with E-state index in [0.717, 1.165) is 5.56 Å². The Morgan fingerprint density at radius 2 is 1.74 bits per heavy atom. The van der Waals surface area contributed by atoms with Crippen LogP contribution in [0.25, 0.3) is 0 Å². The molecule has 0 atom stereocenters. The molecule has 0 saturated carbocycles. The number of ether oxygens (including phenoxy) is 1. The van der Waals surface area contributed by atoms with Gasteiger partial charge in [0.25, 0.3) is 0 Å². The van der Waals surface area contributed by atoms with Crippen molar-refractivity contribution in [2.45, 2.75) is 30.7 Å². The summed E-state index contributed by atoms with van der Waals surface area (Å²) >= 11 is 0. The van der Waals surface area contributed by atoms with Gasteiger partial charge in [-0.25, -0.2) is 8.42 Å². The summed E-state index contributed by atoms with van der Waals surface area (Å²) in [4.78, 5) is 24.7. The van der Waals surface area contributed by atoms with E-state index in [1.165, 1.54) is 16.3 Å². The molecule has 3 rings (SSSR count). The summed E-state index contributed by atoms with van der Waals surface area (Å²) in [6.45, 7) is 2.08. The van der Waals surface area contributed by atoms with Gasteiger partial charge in [-0.3, -0.25) is 14.5 Å². The summed E-state index contributed by atoms with van der Waals surface area (Å²) in [5.41, 5.74) is 0.811. The van der Waals surface area contributed by atoms with E-state index in [0.29, 0.717) is 0 Å². The Morgan fingerprint density at radius 1 is 1.13 bits per heavy atom. The first-order valence-corrected chi connectivity index (χ1v) is 8.78. The van der Waals surface area contributed by atoms with Crippen LogP contribution in [-0.4, -0.2) is 55.7 Å². The minimum Gasteiger partial charge on any atom is -0.495 e. The second kappa shape index (κ2) is 5.61. The van der Waals surface area contributed by atoms with Crippen LogP contribution in [0.4, 0.5) is 0 Å². The van der Waals surface area contributed by atoms with E-state index in [9.17, 15) is 18.0 Å². The summed E-state index contributed by atoms with van der Waals surface area (Å²) in [6, 6.07) is 4.60. The molecule has 1 aromatic rings. The van der Waals surface area contributed by atoms with E-state index in [2.05, 4.69) is 0 Å². The van der Waals surface area contributed by atoms with Gasteiger partial charge in [-0.05, 0) is 24.6 Å². The molecule has 23 heavy (non-hydrogen) atoms. The summed E-state index contributed by atoms with van der Waals surface area (Å²) in [6.07, 6.45) is 0.432. The van der Waals surface area contributed by atoms with Gasteiger partial charge in [0.1, 0.15) is 10.6 Å². The van der Waals surface area contributed by atoms with Crippen LogP contribution < -0.4 is 4.74 Å². The van der Waals surface area contributed by atoms with E-state index in [1.807, 2.05) is 0 Å². The SMILES string of the molecule is COc1ccc(C)cc1S(=O)(=O)N1CC(N2C(=O)CCC2=O)C1. The smallest absolute Gasteiger partial charge is 0.246 e. The normalized spacial score (nSPS) is 20.0. The predicted molar refractivity (Wildman–Crippen MR) is 81.4 cm³/mol. The number of imide groups is 1. The van der Waals surface area contributed by atoms with Crippen LogP contribution in [0.5, 0.6) is 5.75 Å². The van der Waals surface area contributed by atoms with Crippen LogP contribution in [0.1, 0.15) is 18.4 Å². The third-order valence-corrected chi connectivity index (χ3v) is 6.07. The zero-order chi connectivity index (χ0) is 16.8. The highest BCUT2D eigenvalue weighted by Crippen LogP contribution is 2.32. The van der Waals surface area contributed by atoms with Crippen molar-refractivity contribution in [3.05, 3.63) is 23.8 Å². The fourth-order valence-corrected chi connectivity index (χ4v) is 4.66. The van der Waals surface area contributed by atoms with E-state index < -0.39 is 10.0 Å². The third-order valence-electron chi connectivity index (χ3n) is 4.22. The maximum absolute atomic E-state index is 12.7. The molecule has 8 heteroatoms. The number of sulfonamides is 1. The van der Waals surface area contributed by atoms with Crippen LogP contribution in [0.3, 0.4) is 0 Å². The number of aryl methyl sites for hydroxylation is 1. The van der Waals surface area contributed by atoms with Gasteiger partial charge in [0.2, 0.25) is 21.8 Å². The number of carbonyl (C=O) groups excluding carboxylic acids is 2. The van der Waals surface area contributed by atoms with Crippen molar-refractivity contribution < 1.29 is 22.7 Å². The molecule has 2 saturated heterocycles. The van der Waals surface area contributed by atoms with Gasteiger partial charge >= 0.3 is 0 Å². The molecule has 0 aliphatic carbocycles. The van der Waals surface area contributed by atoms with Crippen LogP contribution in [0.15, 0.2) is 23.1 Å². The Kier molecular flexibility index (Phi) is 3.89. The number of hydrogen-bond donors (Lipinski definition) is 0. The first kappa shape index (κ1) is 15.9. The highest BCUT2D eigenvalue weighted by Gasteiger charge is 2.46. The average molecular weight is 338 g/mol. The Hall–Kier alpha value is -1.93. The van der Waals surface area contributed by atoms with Gasteiger partial charge in [-0.15, -0.1) is 0 Å². The molecule has 0 N–H and O–H groups in total. The minimum absolute atomic E-state index is 0.109. The molecule has 124 valence electrons. The summed E-state index contributed by atoms with van der Waals surface area (Å²) in [7, 11) is -2.29. The van der Waals surface area contributed by atoms with Crippen LogP contribution in [0.2, 0.25) is 0 Å². The maximum Gasteiger partial charge on any atom is 0.246 e. The van der Waals surface area contributed by atoms with Gasteiger partial charge in [0, 0.05) is 25.9 Å². The van der Waals surface area contributed by atoms with Crippen molar-refractivity contribution >= 4 is 21.8 Å². The van der Waals surface area contributed by atoms with Gasteiger partial charge in [0.15, 0.2) is 0 Å². The molecule has 2 fully saturated rings. The molecular formula is C15H18N2O5S. The number of rotatable bonds is 4. The molecule has 0 unspecified atom stereocenters. The van der Waals surface area contributed by atoms with Crippen LogP contribution >= 0.6 is 0 Å². The molecule has 0 spiro atoms. The van der Waals surface area contributed by atoms with Crippen LogP contribution in [0, 0.1) is 6.92 Å². The lowest BCUT2D eigenvalue weighted by atomic mass is 10.1. The largest absolute Gasteiger partial charge is 0.495 e. The van der Waals surface area contributed by atoms with Crippen molar-refractivity contribution in [1.82, 2.24) is 9.21 Å². The van der Waals surface area contributed by atoms with Crippen molar-refractivity contribution in [3.63, 3.8) is 0 Å². The number of hydrogen-bond acceptors (Lipinski definition) is 5. The van der Waals surface area contributed by atoms with E-state index in [-0.39, 0.29) is 54.4 Å². The fourth-order valence-electron chi connectivity index (χ4n) is 2.90. The molecule has 7 nitrogen and oxygen atoms in total. The zero-order valence-electron chi connectivity index (χ0n) is 13.0. The maximum atomic E-state index is 12.7. The first-order chi connectivity index (χ1) is 10.8. The molecule has 0 bridgehead atoms. The van der Waals surface area contributed by atoms with Crippen molar-refractivity contribution in [2.75, 3.05) is 20.2 Å². The molecule has 2 heterocycles. The second-order valence-electron chi connectivity index (χ2n) is 5.79. The Balaban J connectivity index is 1.80. The molecular weight excluding hydrogens is 320 g/mol. The van der Waals surface area contributed by atoms with E-state index in [1.54, 1.807) is 25.1 Å². The number of benzene rings is 1. The predicted octanol–water partition coefficient (Wildman–Crippen LogP) is 0.526. The summed E-state index contributed by atoms with van der Waals surface area (Å²) < 4.78 is 31.9. The number of likely N-dealkylation sites (tertiary alicyclic amines) is 1. The number of methoxy groups -OCH3 is 1. The number of amides is 2. The fraction of sp³-hybridized carbons (Fsp3) is 0.467. The number of carbonyl (C=O) groups is 2. The van der Waals surface area contributed by atoms with E-state index in [4.69, 9.17) is 4.74 Å². The first-order valence-electron chi connectivity index (χ1n) is 7.34. The van der Waals surface area contributed by atoms with Gasteiger partial charge in [0.05, 0.1) is 13.2 Å². The highest BCUT2D eigenvalue weighted by atomic mass is 32.2. The van der Waals surface area contributed by atoms with Crippen LogP contribution in [-0.2, 0) is 19.6 Å². The molecule has 2 amide bonds. The van der Waals surface area contributed by atoms with Gasteiger partial charge in [-0.1, -0.05) is 6.07 Å². The van der Waals surface area contributed by atoms with Gasteiger partial charge in [-0.2, -0.15) is 4.31 Å². The second-order valence-corrected chi connectivity index (χ2v) is 7.69. The van der Waals surface area contributed by atoms with Crippen molar-refractivity contribution in [3.8, 4) is 5.75 Å². The minimum atomic E-state index is -3.71. The lowest BCUT2D eigenvalue weighted by Gasteiger charge is -2.41. The molecule has 0 radical (unpaired) electrons. The molecule has 2 aliphatic heterocycles. The molecule has 2 aliphatic rings. The number of nitrogens with zero attached hydrogens (tertiary/aromatic N) is 2. The Bertz CT molecular complexity index is 752. The summed E-state index contributed by atoms with van der Waals surface area (Å²) in [5, 5.41) is 0. The monoisotopic (exact) mass is 338 g/mol. The van der Waals surface area contributed by atoms with Crippen molar-refractivity contribution in [1.29, 1.82) is 0 Å². The standard InChI is InChI=1S/C15H18N2O5S/c1-10-3-4-12(22-2)13(7-10)23(20,21)16-8-11(9-16)17-14(18)5-6-15(17)19/h3-4,7,11H,5-6,8-9H2,1-2H3. The Morgan fingerprint density at radius 3 is 2.30 bits per heavy atom. The van der Waals surface area contributed by atoms with Gasteiger partial charge < -0.3 is 4.74 Å². The lowest BCUT2D eigenvalue weighted by Crippen LogP contribution is -2.62. The molecule has 1 aromatic carbocycles. The zero-order valence-corrected chi connectivity index (χ0v) is 13.8. The summed E-state index contributed by atoms with van der Waals surface area (Å²) in [5.74, 6) is -0.150. The quantitative estimate of drug-likeness (QED) is 0.748. The topological polar surface area (TPSA) is 84.0 Å². The third kappa shape index (κ3) is 2.61. The highest BCUT2D eigenvalue weighted by molar-refractivity contribution is 7.89. The van der Waals surface area contributed by atoms with Crippen molar-refractivity contribution in [2.24, 2.45) is 0 Å². The average Bonchev–Trinajstić information content (AvgIpc) is 2.78.